The Bertz CT molecular complexity index is 1940. The second-order valence-corrected chi connectivity index (χ2v) is 13.1. The van der Waals surface area contributed by atoms with Crippen molar-refractivity contribution in [2.75, 3.05) is 43.9 Å². The van der Waals surface area contributed by atoms with Gasteiger partial charge in [-0.2, -0.15) is 0 Å². The molecular formula is C34H36N6O4S. The molecule has 3 aromatic carbocycles. The summed E-state index contributed by atoms with van der Waals surface area (Å²) >= 11 is 0. The topological polar surface area (TPSA) is 110 Å². The molecule has 11 heteroatoms. The zero-order valence-corrected chi connectivity index (χ0v) is 26.4. The van der Waals surface area contributed by atoms with Crippen LogP contribution >= 0.6 is 0 Å². The highest BCUT2D eigenvalue weighted by Gasteiger charge is 2.33. The van der Waals surface area contributed by atoms with E-state index < -0.39 is 16.1 Å². The van der Waals surface area contributed by atoms with Crippen LogP contribution in [0, 0.1) is 6.92 Å². The lowest BCUT2D eigenvalue weighted by molar-refractivity contribution is 0.0655. The number of aromatic nitrogens is 3. The number of pyridine rings is 1. The summed E-state index contributed by atoms with van der Waals surface area (Å²) in [4.78, 5) is 27.6. The highest BCUT2D eigenvalue weighted by Crippen LogP contribution is 2.28. The normalized spacial score (nSPS) is 15.4. The van der Waals surface area contributed by atoms with E-state index in [9.17, 15) is 13.2 Å². The molecule has 5 aromatic rings. The van der Waals surface area contributed by atoms with Gasteiger partial charge in [0.1, 0.15) is 17.3 Å². The third-order valence-corrected chi connectivity index (χ3v) is 8.60. The predicted octanol–water partition coefficient (Wildman–Crippen LogP) is 4.67. The Hall–Kier alpha value is -4.74. The number of carbonyl (C=O) groups excluding carboxylic acids is 1. The van der Waals surface area contributed by atoms with Gasteiger partial charge in [-0.1, -0.05) is 54.1 Å². The number of fused-ring (bicyclic) bond motifs is 1. The van der Waals surface area contributed by atoms with Crippen LogP contribution in [0.15, 0.2) is 91.3 Å². The van der Waals surface area contributed by atoms with Crippen molar-refractivity contribution in [1.29, 1.82) is 0 Å². The highest BCUT2D eigenvalue weighted by molar-refractivity contribution is 7.88. The second kappa shape index (κ2) is 12.7. The number of para-hydroxylation sites is 1. The van der Waals surface area contributed by atoms with Crippen LogP contribution in [0.25, 0.3) is 28.0 Å². The molecule has 10 nitrogen and oxygen atoms in total. The highest BCUT2D eigenvalue weighted by atomic mass is 32.2. The van der Waals surface area contributed by atoms with E-state index in [4.69, 9.17) is 9.72 Å². The molecule has 0 aliphatic carbocycles. The van der Waals surface area contributed by atoms with E-state index in [1.807, 2.05) is 97.4 Å². The molecule has 0 bridgehead atoms. The van der Waals surface area contributed by atoms with E-state index in [0.717, 1.165) is 45.4 Å². The SMILES string of the molecule is CCOc1cccc(-n2cc(C(=O)N3CCN(c4cnc5ccccc5c4)C[C@H]3CNS(C)(=O)=O)nc2-c2ccc(C)cc2)c1. The van der Waals surface area contributed by atoms with Gasteiger partial charge in [-0.15, -0.1) is 0 Å². The Labute approximate surface area is 263 Å². The lowest BCUT2D eigenvalue weighted by Gasteiger charge is -2.42. The zero-order chi connectivity index (χ0) is 31.6. The number of rotatable bonds is 9. The third-order valence-electron chi connectivity index (χ3n) is 7.91. The van der Waals surface area contributed by atoms with Gasteiger partial charge in [0.25, 0.3) is 5.91 Å². The molecule has 1 atom stereocenters. The van der Waals surface area contributed by atoms with E-state index in [1.165, 1.54) is 0 Å². The van der Waals surface area contributed by atoms with Crippen molar-refractivity contribution in [2.45, 2.75) is 19.9 Å². The number of carbonyl (C=O) groups is 1. The first-order chi connectivity index (χ1) is 21.7. The van der Waals surface area contributed by atoms with Gasteiger partial charge in [-0.25, -0.2) is 18.1 Å². The van der Waals surface area contributed by atoms with Gasteiger partial charge >= 0.3 is 0 Å². The first-order valence-corrected chi connectivity index (χ1v) is 16.8. The minimum Gasteiger partial charge on any atom is -0.494 e. The van der Waals surface area contributed by atoms with Crippen LogP contribution in [0.3, 0.4) is 0 Å². The first kappa shape index (κ1) is 30.3. The molecule has 232 valence electrons. The molecule has 0 saturated carbocycles. The van der Waals surface area contributed by atoms with Crippen molar-refractivity contribution in [2.24, 2.45) is 0 Å². The number of piperazine rings is 1. The number of sulfonamides is 1. The van der Waals surface area contributed by atoms with Crippen molar-refractivity contribution in [3.63, 3.8) is 0 Å². The molecule has 1 fully saturated rings. The van der Waals surface area contributed by atoms with Crippen LogP contribution in [0.5, 0.6) is 5.75 Å². The number of nitrogens with one attached hydrogen (secondary N) is 1. The van der Waals surface area contributed by atoms with Crippen molar-refractivity contribution in [1.82, 2.24) is 24.2 Å². The summed E-state index contributed by atoms with van der Waals surface area (Å²) in [7, 11) is -3.49. The predicted molar refractivity (Wildman–Crippen MR) is 177 cm³/mol. The summed E-state index contributed by atoms with van der Waals surface area (Å²) in [6, 6.07) is 25.2. The van der Waals surface area contributed by atoms with Crippen molar-refractivity contribution in [3.8, 4) is 22.8 Å². The van der Waals surface area contributed by atoms with Crippen molar-refractivity contribution >= 4 is 32.5 Å². The zero-order valence-electron chi connectivity index (χ0n) is 25.6. The number of ether oxygens (including phenoxy) is 1. The Kier molecular flexibility index (Phi) is 8.55. The van der Waals surface area contributed by atoms with Gasteiger partial charge in [-0.05, 0) is 38.1 Å². The van der Waals surface area contributed by atoms with Crippen LogP contribution in [0.1, 0.15) is 23.0 Å². The molecule has 3 heterocycles. The monoisotopic (exact) mass is 624 g/mol. The number of imidazole rings is 1. The number of hydrogen-bond donors (Lipinski definition) is 1. The van der Waals surface area contributed by atoms with Crippen LogP contribution in [-0.4, -0.2) is 78.8 Å². The molecule has 1 N–H and O–H groups in total. The van der Waals surface area contributed by atoms with Gasteiger partial charge < -0.3 is 14.5 Å². The number of benzene rings is 3. The lowest BCUT2D eigenvalue weighted by Crippen LogP contribution is -2.59. The van der Waals surface area contributed by atoms with E-state index >= 15 is 0 Å². The van der Waals surface area contributed by atoms with Crippen LogP contribution in [-0.2, 0) is 10.0 Å². The van der Waals surface area contributed by atoms with Crippen LogP contribution in [0.2, 0.25) is 0 Å². The van der Waals surface area contributed by atoms with Gasteiger partial charge in [-0.3, -0.25) is 14.3 Å². The Morgan fingerprint density at radius 3 is 2.58 bits per heavy atom. The fraction of sp³-hybridized carbons (Fsp3) is 0.265. The van der Waals surface area contributed by atoms with Gasteiger partial charge in [0.15, 0.2) is 0 Å². The smallest absolute Gasteiger partial charge is 0.274 e. The molecule has 0 unspecified atom stereocenters. The summed E-state index contributed by atoms with van der Waals surface area (Å²) in [5.41, 5.74) is 4.89. The number of amides is 1. The molecule has 1 saturated heterocycles. The molecule has 45 heavy (non-hydrogen) atoms. The Morgan fingerprint density at radius 2 is 1.80 bits per heavy atom. The standard InChI is InChI=1S/C34H36N6O4S/c1-4-44-30-10-7-9-27(19-30)40-23-32(37-33(40)25-14-12-24(2)13-15-25)34(41)39-17-16-38(22-29(39)21-36-45(3,42)43)28-18-26-8-5-6-11-31(26)35-20-28/h5-15,18-20,23,29,36H,4,16-17,21-22H2,1-3H3/t29-/m1/s1. The fourth-order valence-electron chi connectivity index (χ4n) is 5.64. The minimum absolute atomic E-state index is 0.0734. The van der Waals surface area contributed by atoms with E-state index in [0.29, 0.717) is 32.1 Å². The van der Waals surface area contributed by atoms with Gasteiger partial charge in [0.05, 0.1) is 42.0 Å². The van der Waals surface area contributed by atoms with Crippen molar-refractivity contribution in [3.05, 3.63) is 103 Å². The summed E-state index contributed by atoms with van der Waals surface area (Å²) in [6.45, 7) is 5.93. The fourth-order valence-corrected chi connectivity index (χ4v) is 6.13. The summed E-state index contributed by atoms with van der Waals surface area (Å²) < 4.78 is 34.5. The first-order valence-electron chi connectivity index (χ1n) is 14.9. The molecular weight excluding hydrogens is 588 g/mol. The molecule has 1 aliphatic rings. The summed E-state index contributed by atoms with van der Waals surface area (Å²) in [5, 5.41) is 1.02. The van der Waals surface area contributed by atoms with E-state index in [-0.39, 0.29) is 18.1 Å². The second-order valence-electron chi connectivity index (χ2n) is 11.2. The third kappa shape index (κ3) is 6.84. The minimum atomic E-state index is -3.49. The van der Waals surface area contributed by atoms with Gasteiger partial charge in [0, 0.05) is 49.4 Å². The quantitative estimate of drug-likeness (QED) is 0.254. The van der Waals surface area contributed by atoms with E-state index in [2.05, 4.69) is 20.7 Å². The number of anilines is 1. The molecule has 1 amide bonds. The maximum Gasteiger partial charge on any atom is 0.274 e. The van der Waals surface area contributed by atoms with Crippen LogP contribution < -0.4 is 14.4 Å². The number of hydrogen-bond acceptors (Lipinski definition) is 7. The average molecular weight is 625 g/mol. The molecule has 6 rings (SSSR count). The summed E-state index contributed by atoms with van der Waals surface area (Å²) in [6.07, 6.45) is 4.70. The Balaban J connectivity index is 1.34. The number of aryl methyl sites for hydroxylation is 1. The maximum absolute atomic E-state index is 14.2. The largest absolute Gasteiger partial charge is 0.494 e. The average Bonchev–Trinajstić information content (AvgIpc) is 3.49. The Morgan fingerprint density at radius 1 is 1.00 bits per heavy atom. The van der Waals surface area contributed by atoms with E-state index in [1.54, 1.807) is 11.1 Å². The molecule has 2 aromatic heterocycles. The molecule has 0 radical (unpaired) electrons. The van der Waals surface area contributed by atoms with Crippen molar-refractivity contribution < 1.29 is 17.9 Å². The van der Waals surface area contributed by atoms with Crippen LogP contribution in [0.4, 0.5) is 5.69 Å². The number of nitrogens with zero attached hydrogens (tertiary/aromatic N) is 5. The lowest BCUT2D eigenvalue weighted by atomic mass is 10.1. The maximum atomic E-state index is 14.2. The van der Waals surface area contributed by atoms with Gasteiger partial charge in [0.2, 0.25) is 10.0 Å². The molecule has 0 spiro atoms. The summed E-state index contributed by atoms with van der Waals surface area (Å²) in [5.74, 6) is 1.08. The molecule has 1 aliphatic heterocycles.